The van der Waals surface area contributed by atoms with E-state index in [1.54, 1.807) is 95.6 Å². The monoisotopic (exact) mass is 654 g/mol. The third kappa shape index (κ3) is 6.65. The van der Waals surface area contributed by atoms with Gasteiger partial charge in [-0.2, -0.15) is 0 Å². The lowest BCUT2D eigenvalue weighted by Crippen LogP contribution is -2.41. The number of ether oxygens (including phenoxy) is 4. The summed E-state index contributed by atoms with van der Waals surface area (Å²) < 4.78 is 26.0. The molecule has 0 spiro atoms. The van der Waals surface area contributed by atoms with Crippen LogP contribution in [0.1, 0.15) is 43.0 Å². The lowest BCUT2D eigenvalue weighted by Gasteiger charge is -2.25. The molecule has 1 saturated heterocycles. The highest BCUT2D eigenvalue weighted by atomic mass is 16.7. The lowest BCUT2D eigenvalue weighted by molar-refractivity contribution is -0.0606. The molecular weight excluding hydrogens is 624 g/mol. The number of benzene rings is 4. The third-order valence-corrected chi connectivity index (χ3v) is 8.08. The summed E-state index contributed by atoms with van der Waals surface area (Å²) in [6.07, 6.45) is -3.04. The minimum Gasteiger partial charge on any atom is -0.459 e. The molecule has 1 fully saturated rings. The molecule has 3 heterocycles. The number of esters is 3. The Bertz CT molecular complexity index is 2090. The quantitative estimate of drug-likeness (QED) is 0.135. The van der Waals surface area contributed by atoms with E-state index in [0.717, 1.165) is 5.56 Å². The fraction of sp³-hybridized carbons (Fsp3) is 0.158. The van der Waals surface area contributed by atoms with Gasteiger partial charge in [0.15, 0.2) is 29.9 Å². The second kappa shape index (κ2) is 13.9. The van der Waals surface area contributed by atoms with E-state index in [1.165, 1.54) is 6.33 Å². The molecule has 1 aliphatic heterocycles. The lowest BCUT2D eigenvalue weighted by atomic mass is 10.1. The molecule has 4 aromatic carbocycles. The maximum Gasteiger partial charge on any atom is 0.338 e. The summed E-state index contributed by atoms with van der Waals surface area (Å²) in [6.45, 7) is 1.51. The van der Waals surface area contributed by atoms with Crippen molar-refractivity contribution in [2.24, 2.45) is 0 Å². The molecule has 49 heavy (non-hydrogen) atoms. The van der Waals surface area contributed by atoms with Crippen molar-refractivity contribution in [2.45, 2.75) is 31.5 Å². The molecule has 2 aromatic heterocycles. The van der Waals surface area contributed by atoms with Crippen LogP contribution in [0.4, 0.5) is 0 Å². The first-order chi connectivity index (χ1) is 24.0. The van der Waals surface area contributed by atoms with Crippen LogP contribution in [-0.4, -0.2) is 62.3 Å². The molecule has 1 aliphatic rings. The number of hydrogen-bond donors (Lipinski definition) is 0. The smallest absolute Gasteiger partial charge is 0.338 e. The highest BCUT2D eigenvalue weighted by Gasteiger charge is 2.52. The Morgan fingerprint density at radius 3 is 1.76 bits per heavy atom. The maximum absolute atomic E-state index is 13.6. The highest BCUT2D eigenvalue weighted by molar-refractivity contribution is 5.91. The zero-order chi connectivity index (χ0) is 33.7. The van der Waals surface area contributed by atoms with Gasteiger partial charge in [-0.3, -0.25) is 4.57 Å². The molecule has 0 amide bonds. The molecule has 244 valence electrons. The van der Waals surface area contributed by atoms with E-state index in [1.807, 2.05) is 37.3 Å². The Hall–Kier alpha value is -6.20. The molecule has 6 aromatic rings. The minimum atomic E-state index is -1.21. The average molecular weight is 655 g/mol. The van der Waals surface area contributed by atoms with Crippen LogP contribution < -0.4 is 0 Å². The van der Waals surface area contributed by atoms with Gasteiger partial charge in [0, 0.05) is 5.56 Å². The van der Waals surface area contributed by atoms with Gasteiger partial charge in [0.1, 0.15) is 18.2 Å². The van der Waals surface area contributed by atoms with E-state index in [0.29, 0.717) is 28.2 Å². The number of carbonyl (C=O) groups excluding carboxylic acids is 3. The molecule has 0 bridgehead atoms. The molecule has 4 atom stereocenters. The van der Waals surface area contributed by atoms with E-state index in [2.05, 4.69) is 9.97 Å². The Balaban J connectivity index is 1.29. The number of nitrogens with zero attached hydrogens (tertiary/aromatic N) is 4. The third-order valence-electron chi connectivity index (χ3n) is 8.08. The van der Waals surface area contributed by atoms with Gasteiger partial charge < -0.3 is 18.9 Å². The van der Waals surface area contributed by atoms with Crippen LogP contribution in [0.2, 0.25) is 0 Å². The van der Waals surface area contributed by atoms with Crippen molar-refractivity contribution in [3.05, 3.63) is 150 Å². The maximum atomic E-state index is 13.6. The van der Waals surface area contributed by atoms with Crippen molar-refractivity contribution in [1.29, 1.82) is 0 Å². The molecule has 0 unspecified atom stereocenters. The van der Waals surface area contributed by atoms with Gasteiger partial charge in [0.05, 0.1) is 28.7 Å². The Morgan fingerprint density at radius 2 is 1.18 bits per heavy atom. The summed E-state index contributed by atoms with van der Waals surface area (Å²) in [7, 11) is 0. The largest absolute Gasteiger partial charge is 0.459 e. The summed E-state index contributed by atoms with van der Waals surface area (Å²) in [6, 6.07) is 34.8. The standard InChI is InChI=1S/C38H30N4O7/c1-24-30-34(41-33(40-24)25-14-6-2-7-15-25)42(23-39-30)35-32(49-38(45)28-20-12-5-13-21-28)31(48-37(44)27-18-10-4-11-19-27)29(47-35)22-46-36(43)26-16-8-3-9-17-26/h2-21,23,29,31-32,35H,22H2,1H3/t29-,31-,32-,35-/m1/s1. The van der Waals surface area contributed by atoms with Crippen LogP contribution in [0.3, 0.4) is 0 Å². The van der Waals surface area contributed by atoms with Gasteiger partial charge >= 0.3 is 17.9 Å². The predicted octanol–water partition coefficient (Wildman–Crippen LogP) is 6.01. The normalized spacial score (nSPS) is 18.6. The molecule has 0 saturated carbocycles. The SMILES string of the molecule is Cc1nc(-c2ccccc2)nc2c1ncn2[C@@H]1O[C@H](COC(=O)c2ccccc2)[C@@H](OC(=O)c2ccccc2)[C@H]1OC(=O)c1ccccc1. The van der Waals surface area contributed by atoms with Crippen LogP contribution in [0.5, 0.6) is 0 Å². The van der Waals surface area contributed by atoms with Crippen molar-refractivity contribution in [2.75, 3.05) is 6.61 Å². The fourth-order valence-corrected chi connectivity index (χ4v) is 5.64. The Labute approximate surface area is 281 Å². The molecular formula is C38H30N4O7. The summed E-state index contributed by atoms with van der Waals surface area (Å²) in [4.78, 5) is 54.1. The van der Waals surface area contributed by atoms with E-state index < -0.39 is 42.4 Å². The first-order valence-corrected chi connectivity index (χ1v) is 15.6. The van der Waals surface area contributed by atoms with E-state index in [4.69, 9.17) is 23.9 Å². The fourth-order valence-electron chi connectivity index (χ4n) is 5.64. The summed E-state index contributed by atoms with van der Waals surface area (Å²) in [5.41, 5.74) is 3.24. The average Bonchev–Trinajstić information content (AvgIpc) is 3.73. The number of imidazole rings is 1. The molecule has 11 heteroatoms. The van der Waals surface area contributed by atoms with E-state index in [-0.39, 0.29) is 17.7 Å². The summed E-state index contributed by atoms with van der Waals surface area (Å²) in [5, 5.41) is 0. The van der Waals surface area contributed by atoms with Crippen LogP contribution in [-0.2, 0) is 18.9 Å². The van der Waals surface area contributed by atoms with Crippen LogP contribution >= 0.6 is 0 Å². The predicted molar refractivity (Wildman–Crippen MR) is 177 cm³/mol. The number of rotatable bonds is 9. The second-order valence-electron chi connectivity index (χ2n) is 11.3. The summed E-state index contributed by atoms with van der Waals surface area (Å²) >= 11 is 0. The van der Waals surface area contributed by atoms with Crippen LogP contribution in [0.25, 0.3) is 22.6 Å². The number of aryl methyl sites for hydroxylation is 1. The van der Waals surface area contributed by atoms with Crippen molar-refractivity contribution in [1.82, 2.24) is 19.5 Å². The van der Waals surface area contributed by atoms with E-state index in [9.17, 15) is 14.4 Å². The molecule has 7 rings (SSSR count). The second-order valence-corrected chi connectivity index (χ2v) is 11.3. The Kier molecular flexibility index (Phi) is 8.90. The topological polar surface area (TPSA) is 132 Å². The van der Waals surface area contributed by atoms with Crippen molar-refractivity contribution >= 4 is 29.1 Å². The highest BCUT2D eigenvalue weighted by Crippen LogP contribution is 2.37. The van der Waals surface area contributed by atoms with Crippen LogP contribution in [0.15, 0.2) is 128 Å². The van der Waals surface area contributed by atoms with Crippen molar-refractivity contribution in [3.63, 3.8) is 0 Å². The molecule has 0 aliphatic carbocycles. The first-order valence-electron chi connectivity index (χ1n) is 15.6. The number of aromatic nitrogens is 4. The number of hydrogen-bond acceptors (Lipinski definition) is 10. The van der Waals surface area contributed by atoms with Gasteiger partial charge in [-0.25, -0.2) is 29.3 Å². The molecule has 0 radical (unpaired) electrons. The number of carbonyl (C=O) groups is 3. The van der Waals surface area contributed by atoms with Gasteiger partial charge in [0.25, 0.3) is 0 Å². The minimum absolute atomic E-state index is 0.281. The van der Waals surface area contributed by atoms with Gasteiger partial charge in [-0.15, -0.1) is 0 Å². The molecule has 11 nitrogen and oxygen atoms in total. The Morgan fingerprint density at radius 1 is 0.673 bits per heavy atom. The van der Waals surface area contributed by atoms with E-state index >= 15 is 0 Å². The zero-order valence-electron chi connectivity index (χ0n) is 26.3. The van der Waals surface area contributed by atoms with Gasteiger partial charge in [-0.1, -0.05) is 84.9 Å². The van der Waals surface area contributed by atoms with Gasteiger partial charge in [-0.05, 0) is 43.3 Å². The zero-order valence-corrected chi connectivity index (χ0v) is 26.3. The molecule has 0 N–H and O–H groups in total. The van der Waals surface area contributed by atoms with Crippen LogP contribution in [0, 0.1) is 6.92 Å². The van der Waals surface area contributed by atoms with Crippen molar-refractivity contribution < 1.29 is 33.3 Å². The summed E-state index contributed by atoms with van der Waals surface area (Å²) in [5.74, 6) is -1.47. The number of fused-ring (bicyclic) bond motifs is 1. The first kappa shape index (κ1) is 31.4. The van der Waals surface area contributed by atoms with Gasteiger partial charge in [0.2, 0.25) is 0 Å². The van der Waals surface area contributed by atoms with Crippen molar-refractivity contribution in [3.8, 4) is 11.4 Å².